The Kier molecular flexibility index (Phi) is 4.95. The van der Waals surface area contributed by atoms with Crippen molar-refractivity contribution in [2.75, 3.05) is 0 Å². The predicted octanol–water partition coefficient (Wildman–Crippen LogP) is 2.23. The second kappa shape index (κ2) is 6.90. The van der Waals surface area contributed by atoms with Crippen molar-refractivity contribution in [3.05, 3.63) is 70.7 Å². The maximum absolute atomic E-state index is 12.1. The molecule has 4 nitrogen and oxygen atoms in total. The highest BCUT2D eigenvalue weighted by Crippen LogP contribution is 2.17. The van der Waals surface area contributed by atoms with Crippen molar-refractivity contribution in [3.63, 3.8) is 0 Å². The van der Waals surface area contributed by atoms with Gasteiger partial charge in [-0.2, -0.15) is 0 Å². The first-order valence-corrected chi connectivity index (χ1v) is 6.83. The van der Waals surface area contributed by atoms with Crippen molar-refractivity contribution in [1.29, 1.82) is 0 Å². The summed E-state index contributed by atoms with van der Waals surface area (Å²) in [5.74, 6) is -0.913. The number of nitrogens with two attached hydrogens (primary N) is 1. The first kappa shape index (κ1) is 15.1. The minimum absolute atomic E-state index is 0.0935. The van der Waals surface area contributed by atoms with Gasteiger partial charge in [-0.15, -0.1) is 0 Å². The molecule has 0 fully saturated rings. The number of carbonyl (C=O) groups is 2. The fourth-order valence-electron chi connectivity index (χ4n) is 1.99. The summed E-state index contributed by atoms with van der Waals surface area (Å²) in [5.41, 5.74) is 6.71. The summed E-state index contributed by atoms with van der Waals surface area (Å²) in [7, 11) is 0. The van der Waals surface area contributed by atoms with Gasteiger partial charge in [0, 0.05) is 5.02 Å². The van der Waals surface area contributed by atoms with Gasteiger partial charge in [-0.3, -0.25) is 9.59 Å². The molecule has 3 N–H and O–H groups in total. The van der Waals surface area contributed by atoms with Crippen molar-refractivity contribution in [1.82, 2.24) is 5.32 Å². The van der Waals surface area contributed by atoms with E-state index in [9.17, 15) is 9.59 Å². The van der Waals surface area contributed by atoms with Crippen molar-refractivity contribution in [3.8, 4) is 0 Å². The van der Waals surface area contributed by atoms with E-state index in [2.05, 4.69) is 5.32 Å². The van der Waals surface area contributed by atoms with Crippen molar-refractivity contribution < 1.29 is 9.59 Å². The van der Waals surface area contributed by atoms with Crippen LogP contribution in [0.3, 0.4) is 0 Å². The topological polar surface area (TPSA) is 72.2 Å². The molecule has 0 aliphatic heterocycles. The van der Waals surface area contributed by atoms with E-state index >= 15 is 0 Å². The molecule has 108 valence electrons. The molecule has 0 aromatic heterocycles. The molecule has 0 aliphatic rings. The molecule has 21 heavy (non-hydrogen) atoms. The van der Waals surface area contributed by atoms with E-state index in [0.717, 1.165) is 0 Å². The molecule has 0 spiro atoms. The first-order valence-electron chi connectivity index (χ1n) is 6.45. The molecule has 1 atom stereocenters. The van der Waals surface area contributed by atoms with E-state index in [4.69, 9.17) is 17.3 Å². The normalized spacial score (nSPS) is 11.7. The van der Waals surface area contributed by atoms with E-state index in [-0.39, 0.29) is 12.3 Å². The summed E-state index contributed by atoms with van der Waals surface area (Å²) in [6.07, 6.45) is 0.0935. The quantitative estimate of drug-likeness (QED) is 0.889. The molecule has 0 bridgehead atoms. The average molecular weight is 303 g/mol. The van der Waals surface area contributed by atoms with Gasteiger partial charge < -0.3 is 11.1 Å². The van der Waals surface area contributed by atoms with Crippen LogP contribution in [0.2, 0.25) is 5.02 Å². The zero-order valence-electron chi connectivity index (χ0n) is 11.3. The lowest BCUT2D eigenvalue weighted by atomic mass is 10.1. The summed E-state index contributed by atoms with van der Waals surface area (Å²) >= 11 is 6.01. The highest BCUT2D eigenvalue weighted by Gasteiger charge is 2.20. The molecule has 0 aliphatic carbocycles. The van der Waals surface area contributed by atoms with E-state index in [1.54, 1.807) is 48.5 Å². The number of rotatable bonds is 5. The van der Waals surface area contributed by atoms with Crippen molar-refractivity contribution in [2.45, 2.75) is 12.5 Å². The van der Waals surface area contributed by atoms with Gasteiger partial charge >= 0.3 is 0 Å². The largest absolute Gasteiger partial charge is 0.368 e. The van der Waals surface area contributed by atoms with Gasteiger partial charge in [0.15, 0.2) is 0 Å². The van der Waals surface area contributed by atoms with Crippen LogP contribution in [0.5, 0.6) is 0 Å². The Balaban J connectivity index is 2.10. The predicted molar refractivity (Wildman–Crippen MR) is 81.7 cm³/mol. The number of amides is 2. The van der Waals surface area contributed by atoms with Crippen LogP contribution in [0.25, 0.3) is 0 Å². The molecule has 2 aromatic rings. The van der Waals surface area contributed by atoms with Crippen LogP contribution in [-0.2, 0) is 16.0 Å². The van der Waals surface area contributed by atoms with Gasteiger partial charge in [0.25, 0.3) is 0 Å². The molecular weight excluding hydrogens is 288 g/mol. The molecule has 0 radical (unpaired) electrons. The number of hydrogen-bond donors (Lipinski definition) is 2. The molecule has 5 heteroatoms. The van der Waals surface area contributed by atoms with Crippen LogP contribution >= 0.6 is 11.6 Å². The summed E-state index contributed by atoms with van der Waals surface area (Å²) in [6, 6.07) is 15.1. The van der Waals surface area contributed by atoms with E-state index in [1.807, 2.05) is 6.07 Å². The maximum Gasteiger partial charge on any atom is 0.244 e. The fraction of sp³-hybridized carbons (Fsp3) is 0.125. The van der Waals surface area contributed by atoms with E-state index in [1.165, 1.54) is 0 Å². The summed E-state index contributed by atoms with van der Waals surface area (Å²) < 4.78 is 0. The standard InChI is InChI=1S/C16H15ClN2O2/c17-13-9-5-4-8-12(13)10-14(20)19-15(16(18)21)11-6-2-1-3-7-11/h1-9,15H,10H2,(H2,18,21)(H,19,20)/t15-/m1/s1. The van der Waals surface area contributed by atoms with Gasteiger partial charge in [-0.25, -0.2) is 0 Å². The first-order chi connectivity index (χ1) is 10.1. The molecule has 0 saturated carbocycles. The van der Waals surface area contributed by atoms with E-state index < -0.39 is 11.9 Å². The maximum atomic E-state index is 12.1. The number of halogens is 1. The Morgan fingerprint density at radius 1 is 1.05 bits per heavy atom. The Labute approximate surface area is 127 Å². The van der Waals surface area contributed by atoms with Crippen molar-refractivity contribution in [2.24, 2.45) is 5.73 Å². The third-order valence-corrected chi connectivity index (χ3v) is 3.40. The lowest BCUT2D eigenvalue weighted by molar-refractivity contribution is -0.127. The molecule has 0 heterocycles. The zero-order chi connectivity index (χ0) is 15.2. The van der Waals surface area contributed by atoms with Gasteiger partial charge in [0.2, 0.25) is 11.8 Å². The van der Waals surface area contributed by atoms with Crippen LogP contribution in [0.4, 0.5) is 0 Å². The summed E-state index contributed by atoms with van der Waals surface area (Å²) in [6.45, 7) is 0. The van der Waals surface area contributed by atoms with Gasteiger partial charge in [0.1, 0.15) is 6.04 Å². The highest BCUT2D eigenvalue weighted by molar-refractivity contribution is 6.31. The van der Waals surface area contributed by atoms with Crippen molar-refractivity contribution >= 4 is 23.4 Å². The Bertz CT molecular complexity index is 644. The second-order valence-electron chi connectivity index (χ2n) is 4.58. The van der Waals surface area contributed by atoms with Crippen LogP contribution in [0.15, 0.2) is 54.6 Å². The van der Waals surface area contributed by atoms with Crippen LogP contribution < -0.4 is 11.1 Å². The van der Waals surface area contributed by atoms with Crippen LogP contribution in [0, 0.1) is 0 Å². The van der Waals surface area contributed by atoms with Gasteiger partial charge in [-0.05, 0) is 17.2 Å². The summed E-state index contributed by atoms with van der Waals surface area (Å²) in [4.78, 5) is 23.6. The third kappa shape index (κ3) is 4.07. The lowest BCUT2D eigenvalue weighted by Gasteiger charge is -2.16. The highest BCUT2D eigenvalue weighted by atomic mass is 35.5. The number of carbonyl (C=O) groups excluding carboxylic acids is 2. The zero-order valence-corrected chi connectivity index (χ0v) is 12.0. The minimum atomic E-state index is -0.846. The third-order valence-electron chi connectivity index (χ3n) is 3.03. The molecule has 0 unspecified atom stereocenters. The number of nitrogens with one attached hydrogen (secondary N) is 1. The van der Waals surface area contributed by atoms with Crippen LogP contribution in [0.1, 0.15) is 17.2 Å². The van der Waals surface area contributed by atoms with E-state index in [0.29, 0.717) is 16.1 Å². The second-order valence-corrected chi connectivity index (χ2v) is 4.99. The monoisotopic (exact) mass is 302 g/mol. The Hall–Kier alpha value is -2.33. The smallest absolute Gasteiger partial charge is 0.244 e. The number of hydrogen-bond acceptors (Lipinski definition) is 2. The molecule has 2 aromatic carbocycles. The summed E-state index contributed by atoms with van der Waals surface area (Å²) in [5, 5.41) is 3.15. The van der Waals surface area contributed by atoms with Gasteiger partial charge in [0.05, 0.1) is 6.42 Å². The molecule has 0 saturated heterocycles. The fourth-order valence-corrected chi connectivity index (χ4v) is 2.19. The number of benzene rings is 2. The minimum Gasteiger partial charge on any atom is -0.368 e. The SMILES string of the molecule is NC(=O)[C@H](NC(=O)Cc1ccccc1Cl)c1ccccc1. The lowest BCUT2D eigenvalue weighted by Crippen LogP contribution is -2.38. The average Bonchev–Trinajstić information content (AvgIpc) is 2.48. The molecule has 2 rings (SSSR count). The Morgan fingerprint density at radius 3 is 2.29 bits per heavy atom. The molecule has 2 amide bonds. The molecular formula is C16H15ClN2O2. The van der Waals surface area contributed by atoms with Crippen LogP contribution in [-0.4, -0.2) is 11.8 Å². The van der Waals surface area contributed by atoms with Gasteiger partial charge in [-0.1, -0.05) is 60.1 Å². The number of primary amides is 1. The Morgan fingerprint density at radius 2 is 1.67 bits per heavy atom.